The minimum atomic E-state index is -0.192. The van der Waals surface area contributed by atoms with Crippen LogP contribution in [0.3, 0.4) is 0 Å². The van der Waals surface area contributed by atoms with Gasteiger partial charge in [-0.3, -0.25) is 4.79 Å². The van der Waals surface area contributed by atoms with Crippen LogP contribution in [0.25, 0.3) is 0 Å². The molecule has 0 heterocycles. The van der Waals surface area contributed by atoms with Crippen molar-refractivity contribution in [2.45, 2.75) is 84.3 Å². The third kappa shape index (κ3) is 3.74. The van der Waals surface area contributed by atoms with E-state index in [1.54, 1.807) is 0 Å². The van der Waals surface area contributed by atoms with E-state index < -0.39 is 0 Å². The van der Waals surface area contributed by atoms with E-state index in [9.17, 15) is 9.59 Å². The molecule has 0 saturated heterocycles. The summed E-state index contributed by atoms with van der Waals surface area (Å²) < 4.78 is 11.8. The molecule has 4 heteroatoms. The van der Waals surface area contributed by atoms with E-state index in [-0.39, 0.29) is 35.0 Å². The number of hydrogen-bond acceptors (Lipinski definition) is 4. The first-order valence-electron chi connectivity index (χ1n) is 12.8. The Hall–Kier alpha value is -2.10. The third-order valence-electron chi connectivity index (χ3n) is 10.1. The average molecular weight is 451 g/mol. The van der Waals surface area contributed by atoms with Gasteiger partial charge < -0.3 is 9.47 Å². The van der Waals surface area contributed by atoms with Crippen molar-refractivity contribution in [3.63, 3.8) is 0 Å². The summed E-state index contributed by atoms with van der Waals surface area (Å²) >= 11 is 0. The molecule has 0 aromatic heterocycles. The Morgan fingerprint density at radius 2 is 1.64 bits per heavy atom. The number of fused-ring (bicyclic) bond motifs is 5. The molecule has 0 aliphatic heterocycles. The topological polar surface area (TPSA) is 52.6 Å². The van der Waals surface area contributed by atoms with Crippen LogP contribution in [0, 0.1) is 34.5 Å². The lowest BCUT2D eigenvalue weighted by molar-refractivity contribution is -0.156. The molecule has 4 nitrogen and oxygen atoms in total. The fourth-order valence-electron chi connectivity index (χ4n) is 8.35. The zero-order chi connectivity index (χ0) is 23.4. The number of benzene rings is 1. The van der Waals surface area contributed by atoms with Crippen LogP contribution in [0.5, 0.6) is 0 Å². The highest BCUT2D eigenvalue weighted by Crippen LogP contribution is 2.67. The van der Waals surface area contributed by atoms with Gasteiger partial charge in [0, 0.05) is 12.3 Å². The molecule has 0 spiro atoms. The van der Waals surface area contributed by atoms with E-state index >= 15 is 0 Å². The molecule has 0 unspecified atom stereocenters. The van der Waals surface area contributed by atoms with Crippen molar-refractivity contribution < 1.29 is 19.1 Å². The second-order valence-electron chi connectivity index (χ2n) is 11.7. The van der Waals surface area contributed by atoms with Crippen LogP contribution in [0.4, 0.5) is 0 Å². The first kappa shape index (κ1) is 22.7. The first-order chi connectivity index (χ1) is 15.7. The quantitative estimate of drug-likeness (QED) is 0.398. The molecule has 0 amide bonds. The number of ether oxygens (including phenoxy) is 2. The minimum absolute atomic E-state index is 0.0193. The Labute approximate surface area is 198 Å². The number of carbonyl (C=O) groups is 2. The maximum absolute atomic E-state index is 12.8. The molecule has 0 radical (unpaired) electrons. The maximum Gasteiger partial charge on any atom is 0.338 e. The Morgan fingerprint density at radius 1 is 0.939 bits per heavy atom. The molecule has 0 bridgehead atoms. The molecule has 4 saturated carbocycles. The highest BCUT2D eigenvalue weighted by atomic mass is 16.5. The van der Waals surface area contributed by atoms with Crippen LogP contribution in [-0.2, 0) is 14.3 Å². The number of allylic oxidation sites excluding steroid dienone is 1. The van der Waals surface area contributed by atoms with Crippen molar-refractivity contribution in [2.75, 3.05) is 0 Å². The molecule has 33 heavy (non-hydrogen) atoms. The van der Waals surface area contributed by atoms with Crippen LogP contribution in [0.15, 0.2) is 42.5 Å². The second-order valence-corrected chi connectivity index (χ2v) is 11.7. The molecule has 4 fully saturated rings. The van der Waals surface area contributed by atoms with Gasteiger partial charge in [-0.2, -0.15) is 0 Å². The van der Waals surface area contributed by atoms with Crippen molar-refractivity contribution >= 4 is 11.9 Å². The second kappa shape index (κ2) is 8.29. The van der Waals surface area contributed by atoms with Crippen molar-refractivity contribution in [2.24, 2.45) is 34.5 Å². The monoisotopic (exact) mass is 450 g/mol. The van der Waals surface area contributed by atoms with E-state index in [1.807, 2.05) is 30.3 Å². The minimum Gasteiger partial charge on any atom is -0.463 e. The highest BCUT2D eigenvalue weighted by Gasteiger charge is 2.62. The SMILES string of the molecule is C=C1C[C@@H]2C[C@H](OC(C)=O)CC[C@]2(C)[C@@H]2CC[C@@]3(C)[C@@H](OC(=O)c4ccccc4)CC[C@@H]3[C@H]12. The largest absolute Gasteiger partial charge is 0.463 e. The van der Waals surface area contributed by atoms with Crippen molar-refractivity contribution in [3.8, 4) is 0 Å². The van der Waals surface area contributed by atoms with Gasteiger partial charge >= 0.3 is 11.9 Å². The Morgan fingerprint density at radius 3 is 2.36 bits per heavy atom. The standard InChI is InChI=1S/C29H38O4/c1-18-16-21-17-22(32-19(2)30)12-14-28(21,3)24-13-15-29(4)23(26(18)24)10-11-25(29)33-27(31)20-8-6-5-7-9-20/h5-9,21-26H,1,10-17H2,2-4H3/t21-,22-,23-,24-,25+,26+,28+,29-/m1/s1. The summed E-state index contributed by atoms with van der Waals surface area (Å²) in [6, 6.07) is 9.38. The van der Waals surface area contributed by atoms with Gasteiger partial charge in [-0.05, 0) is 92.6 Å². The fraction of sp³-hybridized carbons (Fsp3) is 0.655. The number of rotatable bonds is 3. The molecule has 8 atom stereocenters. The Bertz CT molecular complexity index is 938. The smallest absolute Gasteiger partial charge is 0.338 e. The summed E-state index contributed by atoms with van der Waals surface area (Å²) in [6.45, 7) is 11.0. The van der Waals surface area contributed by atoms with Crippen LogP contribution in [-0.4, -0.2) is 24.1 Å². The molecular weight excluding hydrogens is 412 g/mol. The van der Waals surface area contributed by atoms with Gasteiger partial charge in [-0.15, -0.1) is 0 Å². The molecule has 4 aliphatic carbocycles. The molecule has 4 aliphatic rings. The van der Waals surface area contributed by atoms with Gasteiger partial charge in [-0.1, -0.05) is 44.2 Å². The summed E-state index contributed by atoms with van der Waals surface area (Å²) in [7, 11) is 0. The molecular formula is C29H38O4. The van der Waals surface area contributed by atoms with E-state index in [0.29, 0.717) is 29.2 Å². The summed E-state index contributed by atoms with van der Waals surface area (Å²) in [4.78, 5) is 24.4. The van der Waals surface area contributed by atoms with Gasteiger partial charge in [0.1, 0.15) is 12.2 Å². The Kier molecular flexibility index (Phi) is 5.69. The molecule has 1 aromatic rings. The lowest BCUT2D eigenvalue weighted by atomic mass is 9.44. The van der Waals surface area contributed by atoms with Crippen LogP contribution < -0.4 is 0 Å². The van der Waals surface area contributed by atoms with Crippen LogP contribution >= 0.6 is 0 Å². The fourth-order valence-corrected chi connectivity index (χ4v) is 8.35. The summed E-state index contributed by atoms with van der Waals surface area (Å²) in [5, 5.41) is 0. The lowest BCUT2D eigenvalue weighted by Crippen LogP contribution is -2.55. The highest BCUT2D eigenvalue weighted by molar-refractivity contribution is 5.89. The maximum atomic E-state index is 12.8. The molecule has 178 valence electrons. The molecule has 1 aromatic carbocycles. The lowest BCUT2D eigenvalue weighted by Gasteiger charge is -2.61. The normalized spacial score (nSPS) is 42.0. The van der Waals surface area contributed by atoms with Gasteiger partial charge in [0.15, 0.2) is 0 Å². The van der Waals surface area contributed by atoms with E-state index in [1.165, 1.54) is 18.9 Å². The molecule has 5 rings (SSSR count). The van der Waals surface area contributed by atoms with Crippen LogP contribution in [0.2, 0.25) is 0 Å². The summed E-state index contributed by atoms with van der Waals surface area (Å²) in [6.07, 6.45) is 8.48. The summed E-state index contributed by atoms with van der Waals surface area (Å²) in [5.74, 6) is 1.86. The van der Waals surface area contributed by atoms with E-state index in [2.05, 4.69) is 20.4 Å². The molecule has 0 N–H and O–H groups in total. The first-order valence-corrected chi connectivity index (χ1v) is 12.8. The van der Waals surface area contributed by atoms with Crippen molar-refractivity contribution in [1.82, 2.24) is 0 Å². The third-order valence-corrected chi connectivity index (χ3v) is 10.1. The predicted molar refractivity (Wildman–Crippen MR) is 127 cm³/mol. The number of hydrogen-bond donors (Lipinski definition) is 0. The summed E-state index contributed by atoms with van der Waals surface area (Å²) in [5.41, 5.74) is 2.33. The zero-order valence-corrected chi connectivity index (χ0v) is 20.3. The Balaban J connectivity index is 1.34. The van der Waals surface area contributed by atoms with E-state index in [4.69, 9.17) is 9.47 Å². The van der Waals surface area contributed by atoms with Gasteiger partial charge in [0.2, 0.25) is 0 Å². The van der Waals surface area contributed by atoms with Gasteiger partial charge in [-0.25, -0.2) is 4.79 Å². The van der Waals surface area contributed by atoms with Crippen LogP contribution in [0.1, 0.15) is 82.5 Å². The van der Waals surface area contributed by atoms with Gasteiger partial charge in [0.25, 0.3) is 0 Å². The zero-order valence-electron chi connectivity index (χ0n) is 20.3. The predicted octanol–water partition coefficient (Wildman–Crippen LogP) is 6.35. The van der Waals surface area contributed by atoms with Crippen molar-refractivity contribution in [1.29, 1.82) is 0 Å². The number of esters is 2. The van der Waals surface area contributed by atoms with Crippen molar-refractivity contribution in [3.05, 3.63) is 48.0 Å². The number of carbonyl (C=O) groups excluding carboxylic acids is 2. The average Bonchev–Trinajstić information content (AvgIpc) is 3.11. The van der Waals surface area contributed by atoms with Gasteiger partial charge in [0.05, 0.1) is 5.56 Å². The van der Waals surface area contributed by atoms with E-state index in [0.717, 1.165) is 44.9 Å².